The minimum absolute atomic E-state index is 0.119. The summed E-state index contributed by atoms with van der Waals surface area (Å²) >= 11 is 0. The van der Waals surface area contributed by atoms with Crippen molar-refractivity contribution in [2.24, 2.45) is 5.84 Å². The Balaban J connectivity index is 2.79. The highest BCUT2D eigenvalue weighted by molar-refractivity contribution is 5.94. The number of halogens is 2. The van der Waals surface area contributed by atoms with Crippen molar-refractivity contribution in [3.05, 3.63) is 29.3 Å². The fraction of sp³-hybridized carbons (Fsp3) is 0.462. The monoisotopic (exact) mass is 287 g/mol. The number of carbonyl (C=O) groups excluding carboxylic acids is 1. The van der Waals surface area contributed by atoms with Crippen molar-refractivity contribution < 1.29 is 18.3 Å². The molecule has 0 bridgehead atoms. The van der Waals surface area contributed by atoms with Crippen LogP contribution in [-0.2, 0) is 4.74 Å². The first-order valence-corrected chi connectivity index (χ1v) is 6.18. The minimum Gasteiger partial charge on any atom is -0.374 e. The Bertz CT molecular complexity index is 469. The number of carbonyl (C=O) groups is 1. The Morgan fingerprint density at radius 3 is 2.35 bits per heavy atom. The number of amides is 1. The van der Waals surface area contributed by atoms with Gasteiger partial charge in [-0.05, 0) is 32.9 Å². The average Bonchev–Trinajstić information content (AvgIpc) is 2.35. The van der Waals surface area contributed by atoms with Crippen LogP contribution >= 0.6 is 0 Å². The molecule has 0 saturated heterocycles. The van der Waals surface area contributed by atoms with E-state index >= 15 is 0 Å². The Hall–Kier alpha value is -1.73. The van der Waals surface area contributed by atoms with Crippen molar-refractivity contribution in [1.82, 2.24) is 5.32 Å². The number of nitrogens with one attached hydrogen (secondary N) is 2. The van der Waals surface area contributed by atoms with Crippen molar-refractivity contribution in [2.75, 3.05) is 18.6 Å². The second-order valence-electron chi connectivity index (χ2n) is 4.83. The molecule has 1 rings (SSSR count). The van der Waals surface area contributed by atoms with Crippen molar-refractivity contribution in [1.29, 1.82) is 0 Å². The molecule has 20 heavy (non-hydrogen) atoms. The summed E-state index contributed by atoms with van der Waals surface area (Å²) in [5.41, 5.74) is 0.751. The lowest BCUT2D eigenvalue weighted by atomic mass is 10.1. The lowest BCUT2D eigenvalue weighted by molar-refractivity contribution is -0.00815. The summed E-state index contributed by atoms with van der Waals surface area (Å²) < 4.78 is 32.4. The predicted molar refractivity (Wildman–Crippen MR) is 72.2 cm³/mol. The van der Waals surface area contributed by atoms with E-state index in [-0.39, 0.29) is 12.1 Å². The fourth-order valence-corrected chi connectivity index (χ4v) is 1.68. The zero-order valence-corrected chi connectivity index (χ0v) is 11.7. The third-order valence-corrected chi connectivity index (χ3v) is 2.66. The molecule has 0 aliphatic heterocycles. The summed E-state index contributed by atoms with van der Waals surface area (Å²) in [6.45, 7) is 6.18. The number of ether oxygens (including phenoxy) is 1. The van der Waals surface area contributed by atoms with Crippen LogP contribution in [0.3, 0.4) is 0 Å². The highest BCUT2D eigenvalue weighted by Gasteiger charge is 2.20. The molecule has 0 heterocycles. The first-order valence-electron chi connectivity index (χ1n) is 6.18. The molecule has 5 nitrogen and oxygen atoms in total. The molecule has 0 radical (unpaired) electrons. The van der Waals surface area contributed by atoms with Gasteiger partial charge >= 0.3 is 0 Å². The fourth-order valence-electron chi connectivity index (χ4n) is 1.68. The molecular formula is C13H19F2N3O2. The van der Waals surface area contributed by atoms with Crippen LogP contribution in [0.1, 0.15) is 31.1 Å². The number of hydrogen-bond acceptors (Lipinski definition) is 4. The molecule has 7 heteroatoms. The molecular weight excluding hydrogens is 268 g/mol. The second-order valence-corrected chi connectivity index (χ2v) is 4.83. The maximum absolute atomic E-state index is 13.5. The van der Waals surface area contributed by atoms with E-state index in [4.69, 9.17) is 10.6 Å². The third-order valence-electron chi connectivity index (χ3n) is 2.66. The van der Waals surface area contributed by atoms with Crippen molar-refractivity contribution in [3.8, 4) is 0 Å². The van der Waals surface area contributed by atoms with Gasteiger partial charge in [-0.15, -0.1) is 0 Å². The first kappa shape index (κ1) is 16.3. The molecule has 4 N–H and O–H groups in total. The first-order chi connectivity index (χ1) is 9.30. The number of nitrogens with two attached hydrogens (primary N) is 1. The number of benzene rings is 1. The second kappa shape index (κ2) is 6.62. The number of hydrogen-bond donors (Lipinski definition) is 3. The zero-order chi connectivity index (χ0) is 15.3. The molecule has 0 saturated carbocycles. The summed E-state index contributed by atoms with van der Waals surface area (Å²) in [5, 5.41) is 2.57. The van der Waals surface area contributed by atoms with E-state index in [1.807, 2.05) is 12.3 Å². The predicted octanol–water partition coefficient (Wildman–Crippen LogP) is 1.80. The van der Waals surface area contributed by atoms with Gasteiger partial charge < -0.3 is 15.5 Å². The van der Waals surface area contributed by atoms with E-state index in [1.54, 1.807) is 13.8 Å². The number of hydrazine groups is 1. The quantitative estimate of drug-likeness (QED) is 0.551. The number of rotatable bonds is 6. The van der Waals surface area contributed by atoms with Gasteiger partial charge in [0.1, 0.15) is 5.69 Å². The van der Waals surface area contributed by atoms with E-state index < -0.39 is 28.8 Å². The van der Waals surface area contributed by atoms with Gasteiger partial charge in [0.15, 0.2) is 11.6 Å². The lowest BCUT2D eigenvalue weighted by Crippen LogP contribution is -2.40. The van der Waals surface area contributed by atoms with E-state index in [1.165, 1.54) is 0 Å². The summed E-state index contributed by atoms with van der Waals surface area (Å²) in [6, 6.07) is 1.84. The van der Waals surface area contributed by atoms with Gasteiger partial charge in [-0.1, -0.05) is 0 Å². The van der Waals surface area contributed by atoms with Gasteiger partial charge in [0.2, 0.25) is 0 Å². The van der Waals surface area contributed by atoms with Gasteiger partial charge in [0.25, 0.3) is 5.91 Å². The highest BCUT2D eigenvalue weighted by Crippen LogP contribution is 2.19. The molecule has 112 valence electrons. The van der Waals surface area contributed by atoms with Gasteiger partial charge in [-0.3, -0.25) is 10.6 Å². The Morgan fingerprint density at radius 1 is 1.35 bits per heavy atom. The summed E-state index contributed by atoms with van der Waals surface area (Å²) in [4.78, 5) is 11.8. The molecule has 1 aromatic carbocycles. The van der Waals surface area contributed by atoms with Crippen molar-refractivity contribution >= 4 is 11.6 Å². The average molecular weight is 287 g/mol. The molecule has 1 amide bonds. The molecule has 0 unspecified atom stereocenters. The Kier molecular flexibility index (Phi) is 5.41. The van der Waals surface area contributed by atoms with Crippen LogP contribution in [0.15, 0.2) is 12.1 Å². The van der Waals surface area contributed by atoms with E-state index in [9.17, 15) is 13.6 Å². The maximum Gasteiger partial charge on any atom is 0.251 e. The summed E-state index contributed by atoms with van der Waals surface area (Å²) in [5.74, 6) is 2.54. The standard InChI is InChI=1S/C13H19F2N3O2/c1-4-20-13(2,3)7-17-12(19)8-5-9(14)11(18-16)10(15)6-8/h5-6,18H,4,7,16H2,1-3H3,(H,17,19). The van der Waals surface area contributed by atoms with Gasteiger partial charge in [0, 0.05) is 18.7 Å². The Morgan fingerprint density at radius 2 is 1.90 bits per heavy atom. The molecule has 0 aromatic heterocycles. The SMILES string of the molecule is CCOC(C)(C)CNC(=O)c1cc(F)c(NN)c(F)c1. The smallest absolute Gasteiger partial charge is 0.251 e. The highest BCUT2D eigenvalue weighted by atomic mass is 19.1. The van der Waals surface area contributed by atoms with Gasteiger partial charge in [-0.2, -0.15) is 0 Å². The summed E-state index contributed by atoms with van der Waals surface area (Å²) in [7, 11) is 0. The lowest BCUT2D eigenvalue weighted by Gasteiger charge is -2.24. The zero-order valence-electron chi connectivity index (χ0n) is 11.7. The van der Waals surface area contributed by atoms with E-state index in [0.717, 1.165) is 12.1 Å². The molecule has 1 aromatic rings. The van der Waals surface area contributed by atoms with E-state index in [0.29, 0.717) is 6.61 Å². The topological polar surface area (TPSA) is 76.4 Å². The van der Waals surface area contributed by atoms with Crippen LogP contribution in [0.4, 0.5) is 14.5 Å². The van der Waals surface area contributed by atoms with Crippen molar-refractivity contribution in [3.63, 3.8) is 0 Å². The van der Waals surface area contributed by atoms with Crippen LogP contribution in [0, 0.1) is 11.6 Å². The molecule has 0 fully saturated rings. The summed E-state index contributed by atoms with van der Waals surface area (Å²) in [6.07, 6.45) is 0. The van der Waals surface area contributed by atoms with E-state index in [2.05, 4.69) is 5.32 Å². The Labute approximate surface area is 116 Å². The normalized spacial score (nSPS) is 11.3. The number of anilines is 1. The van der Waals surface area contributed by atoms with Gasteiger partial charge in [-0.25, -0.2) is 8.78 Å². The van der Waals surface area contributed by atoms with Gasteiger partial charge in [0.05, 0.1) is 5.60 Å². The largest absolute Gasteiger partial charge is 0.374 e. The maximum atomic E-state index is 13.5. The number of nitrogen functional groups attached to an aromatic ring is 1. The minimum atomic E-state index is -0.929. The van der Waals surface area contributed by atoms with Crippen LogP contribution < -0.4 is 16.6 Å². The van der Waals surface area contributed by atoms with Crippen LogP contribution in [0.2, 0.25) is 0 Å². The molecule has 0 aliphatic rings. The van der Waals surface area contributed by atoms with Crippen LogP contribution in [-0.4, -0.2) is 24.7 Å². The van der Waals surface area contributed by atoms with Crippen molar-refractivity contribution in [2.45, 2.75) is 26.4 Å². The van der Waals surface area contributed by atoms with Crippen LogP contribution in [0.5, 0.6) is 0 Å². The molecule has 0 atom stereocenters. The molecule has 0 aliphatic carbocycles. The molecule has 0 spiro atoms. The third kappa shape index (κ3) is 4.14. The van der Waals surface area contributed by atoms with Crippen LogP contribution in [0.25, 0.3) is 0 Å².